The lowest BCUT2D eigenvalue weighted by molar-refractivity contribution is 0.0894. The SMILES string of the molecule is CC(C)N(Cc1ccc(C(C)(C)C)cc1)Cc1ccc(C(=O)NC2CCCCC2)o1. The van der Waals surface area contributed by atoms with Crippen LogP contribution in [0.4, 0.5) is 0 Å². The Morgan fingerprint density at radius 2 is 1.70 bits per heavy atom. The highest BCUT2D eigenvalue weighted by Crippen LogP contribution is 2.23. The van der Waals surface area contributed by atoms with Gasteiger partial charge in [0.15, 0.2) is 5.76 Å². The summed E-state index contributed by atoms with van der Waals surface area (Å²) in [5.41, 5.74) is 2.81. The molecule has 1 aromatic carbocycles. The average molecular weight is 411 g/mol. The van der Waals surface area contributed by atoms with E-state index in [-0.39, 0.29) is 11.3 Å². The molecule has 4 heteroatoms. The molecule has 1 aliphatic carbocycles. The van der Waals surface area contributed by atoms with E-state index < -0.39 is 0 Å². The second-order valence-corrected chi connectivity index (χ2v) is 10.0. The van der Waals surface area contributed by atoms with Gasteiger partial charge in [-0.1, -0.05) is 64.3 Å². The van der Waals surface area contributed by atoms with Crippen molar-refractivity contribution in [2.75, 3.05) is 0 Å². The summed E-state index contributed by atoms with van der Waals surface area (Å²) >= 11 is 0. The van der Waals surface area contributed by atoms with Gasteiger partial charge in [0, 0.05) is 18.6 Å². The van der Waals surface area contributed by atoms with Gasteiger partial charge in [-0.25, -0.2) is 0 Å². The molecular formula is C26H38N2O2. The van der Waals surface area contributed by atoms with E-state index in [1.54, 1.807) is 0 Å². The molecule has 1 aliphatic rings. The molecule has 1 fully saturated rings. The molecule has 2 aromatic rings. The Balaban J connectivity index is 1.60. The van der Waals surface area contributed by atoms with Crippen molar-refractivity contribution >= 4 is 5.91 Å². The Bertz CT molecular complexity index is 808. The van der Waals surface area contributed by atoms with Crippen molar-refractivity contribution in [3.8, 4) is 0 Å². The highest BCUT2D eigenvalue weighted by Gasteiger charge is 2.20. The zero-order valence-corrected chi connectivity index (χ0v) is 19.3. The lowest BCUT2D eigenvalue weighted by atomic mass is 9.87. The quantitative estimate of drug-likeness (QED) is 0.604. The maximum absolute atomic E-state index is 12.5. The smallest absolute Gasteiger partial charge is 0.287 e. The minimum atomic E-state index is -0.0815. The first-order valence-corrected chi connectivity index (χ1v) is 11.5. The summed E-state index contributed by atoms with van der Waals surface area (Å²) in [5, 5.41) is 3.14. The minimum absolute atomic E-state index is 0.0815. The van der Waals surface area contributed by atoms with Crippen molar-refractivity contribution in [2.24, 2.45) is 0 Å². The van der Waals surface area contributed by atoms with Gasteiger partial charge in [0.1, 0.15) is 5.76 Å². The highest BCUT2D eigenvalue weighted by atomic mass is 16.4. The van der Waals surface area contributed by atoms with Gasteiger partial charge in [0.2, 0.25) is 0 Å². The zero-order chi connectivity index (χ0) is 21.7. The van der Waals surface area contributed by atoms with Crippen molar-refractivity contribution in [1.29, 1.82) is 0 Å². The number of carbonyl (C=O) groups excluding carboxylic acids is 1. The number of benzene rings is 1. The van der Waals surface area contributed by atoms with Gasteiger partial charge in [-0.2, -0.15) is 0 Å². The van der Waals surface area contributed by atoms with Crippen LogP contribution in [-0.4, -0.2) is 22.9 Å². The van der Waals surface area contributed by atoms with Crippen LogP contribution >= 0.6 is 0 Å². The van der Waals surface area contributed by atoms with Crippen LogP contribution in [-0.2, 0) is 18.5 Å². The maximum atomic E-state index is 12.5. The van der Waals surface area contributed by atoms with Crippen molar-refractivity contribution in [3.63, 3.8) is 0 Å². The molecule has 0 aliphatic heterocycles. The minimum Gasteiger partial charge on any atom is -0.455 e. The van der Waals surface area contributed by atoms with E-state index in [1.807, 2.05) is 12.1 Å². The molecule has 30 heavy (non-hydrogen) atoms. The van der Waals surface area contributed by atoms with E-state index in [4.69, 9.17) is 4.42 Å². The van der Waals surface area contributed by atoms with Crippen molar-refractivity contribution in [1.82, 2.24) is 10.2 Å². The number of hydrogen-bond donors (Lipinski definition) is 1. The summed E-state index contributed by atoms with van der Waals surface area (Å²) < 4.78 is 5.92. The Kier molecular flexibility index (Phi) is 7.41. The van der Waals surface area contributed by atoms with Crippen LogP contribution in [0, 0.1) is 0 Å². The van der Waals surface area contributed by atoms with Crippen LogP contribution < -0.4 is 5.32 Å². The fraction of sp³-hybridized carbons (Fsp3) is 0.577. The van der Waals surface area contributed by atoms with Crippen LogP contribution in [0.5, 0.6) is 0 Å². The first kappa shape index (κ1) is 22.6. The molecule has 1 N–H and O–H groups in total. The topological polar surface area (TPSA) is 45.5 Å². The summed E-state index contributed by atoms with van der Waals surface area (Å²) in [5.74, 6) is 1.18. The van der Waals surface area contributed by atoms with Gasteiger partial charge < -0.3 is 9.73 Å². The van der Waals surface area contributed by atoms with Crippen molar-refractivity contribution in [3.05, 3.63) is 59.0 Å². The van der Waals surface area contributed by atoms with E-state index >= 15 is 0 Å². The first-order valence-electron chi connectivity index (χ1n) is 11.5. The Morgan fingerprint density at radius 3 is 2.30 bits per heavy atom. The number of amides is 1. The van der Waals surface area contributed by atoms with Gasteiger partial charge in [0.25, 0.3) is 5.91 Å². The highest BCUT2D eigenvalue weighted by molar-refractivity contribution is 5.91. The molecule has 1 aromatic heterocycles. The van der Waals surface area contributed by atoms with Gasteiger partial charge in [0.05, 0.1) is 6.54 Å². The van der Waals surface area contributed by atoms with Crippen LogP contribution in [0.1, 0.15) is 94.2 Å². The Labute approximate surface area is 182 Å². The number of furan rings is 1. The molecule has 1 heterocycles. The van der Waals surface area contributed by atoms with Gasteiger partial charge in [-0.3, -0.25) is 9.69 Å². The summed E-state index contributed by atoms with van der Waals surface area (Å²) in [7, 11) is 0. The van der Waals surface area contributed by atoms with Crippen LogP contribution in [0.15, 0.2) is 40.8 Å². The molecule has 4 nitrogen and oxygen atoms in total. The van der Waals surface area contributed by atoms with Crippen LogP contribution in [0.25, 0.3) is 0 Å². The normalized spacial score (nSPS) is 15.7. The standard InChI is InChI=1S/C26H38N2O2/c1-19(2)28(17-20-11-13-21(14-12-20)26(3,4)5)18-23-15-16-24(30-23)25(29)27-22-9-7-6-8-10-22/h11-16,19,22H,6-10,17-18H2,1-5H3,(H,27,29). The van der Waals surface area contributed by atoms with Gasteiger partial charge >= 0.3 is 0 Å². The molecule has 0 unspecified atom stereocenters. The van der Waals surface area contributed by atoms with E-state index in [1.165, 1.54) is 30.4 Å². The molecule has 0 saturated heterocycles. The molecule has 1 amide bonds. The number of rotatable bonds is 7. The molecule has 0 bridgehead atoms. The first-order chi connectivity index (χ1) is 14.2. The lowest BCUT2D eigenvalue weighted by Crippen LogP contribution is -2.36. The molecular weight excluding hydrogens is 372 g/mol. The van der Waals surface area contributed by atoms with E-state index in [2.05, 4.69) is 69.1 Å². The summed E-state index contributed by atoms with van der Waals surface area (Å²) in [4.78, 5) is 14.9. The number of carbonyl (C=O) groups is 1. The second kappa shape index (κ2) is 9.82. The average Bonchev–Trinajstić information content (AvgIpc) is 3.17. The van der Waals surface area contributed by atoms with Crippen LogP contribution in [0.2, 0.25) is 0 Å². The maximum Gasteiger partial charge on any atom is 0.287 e. The predicted octanol–water partition coefficient (Wildman–Crippen LogP) is 6.05. The number of nitrogens with zero attached hydrogens (tertiary/aromatic N) is 1. The van der Waals surface area contributed by atoms with Gasteiger partial charge in [-0.15, -0.1) is 0 Å². The van der Waals surface area contributed by atoms with Crippen molar-refractivity contribution in [2.45, 2.75) is 97.3 Å². The monoisotopic (exact) mass is 410 g/mol. The fourth-order valence-electron chi connectivity index (χ4n) is 4.05. The zero-order valence-electron chi connectivity index (χ0n) is 19.3. The van der Waals surface area contributed by atoms with Crippen molar-refractivity contribution < 1.29 is 9.21 Å². The Hall–Kier alpha value is -2.07. The third-order valence-electron chi connectivity index (χ3n) is 6.12. The summed E-state index contributed by atoms with van der Waals surface area (Å²) in [6.45, 7) is 12.7. The number of hydrogen-bond acceptors (Lipinski definition) is 3. The van der Waals surface area contributed by atoms with E-state index in [9.17, 15) is 4.79 Å². The third kappa shape index (κ3) is 6.21. The van der Waals surface area contributed by atoms with E-state index in [0.717, 1.165) is 25.1 Å². The molecule has 1 saturated carbocycles. The molecule has 0 atom stereocenters. The Morgan fingerprint density at radius 1 is 1.03 bits per heavy atom. The molecule has 164 valence electrons. The molecule has 0 radical (unpaired) electrons. The van der Waals surface area contributed by atoms with E-state index in [0.29, 0.717) is 24.4 Å². The third-order valence-corrected chi connectivity index (χ3v) is 6.12. The fourth-order valence-corrected chi connectivity index (χ4v) is 4.05. The summed E-state index contributed by atoms with van der Waals surface area (Å²) in [6, 6.07) is 13.3. The second-order valence-electron chi connectivity index (χ2n) is 10.0. The largest absolute Gasteiger partial charge is 0.455 e. The molecule has 3 rings (SSSR count). The van der Waals surface area contributed by atoms with Crippen LogP contribution in [0.3, 0.4) is 0 Å². The number of nitrogens with one attached hydrogen (secondary N) is 1. The van der Waals surface area contributed by atoms with Gasteiger partial charge in [-0.05, 0) is 55.4 Å². The lowest BCUT2D eigenvalue weighted by Gasteiger charge is -2.26. The summed E-state index contributed by atoms with van der Waals surface area (Å²) in [6.07, 6.45) is 5.84. The predicted molar refractivity (Wildman–Crippen MR) is 123 cm³/mol. The molecule has 0 spiro atoms.